The zero-order chi connectivity index (χ0) is 30.7. The maximum Gasteiger partial charge on any atom is 0.311 e. The zero-order valence-corrected chi connectivity index (χ0v) is 26.6. The summed E-state index contributed by atoms with van der Waals surface area (Å²) in [4.78, 5) is 29.8. The first-order valence-corrected chi connectivity index (χ1v) is 16.0. The van der Waals surface area contributed by atoms with Gasteiger partial charge in [-0.1, -0.05) is 56.2 Å². The summed E-state index contributed by atoms with van der Waals surface area (Å²) >= 11 is 6.41. The third-order valence-corrected chi connectivity index (χ3v) is 9.83. The van der Waals surface area contributed by atoms with Gasteiger partial charge >= 0.3 is 5.97 Å². The fourth-order valence-electron chi connectivity index (χ4n) is 7.05. The predicted molar refractivity (Wildman–Crippen MR) is 170 cm³/mol. The molecule has 0 radical (unpaired) electrons. The summed E-state index contributed by atoms with van der Waals surface area (Å²) in [6.07, 6.45) is 8.38. The van der Waals surface area contributed by atoms with E-state index in [0.717, 1.165) is 55.2 Å². The third-order valence-electron chi connectivity index (χ3n) is 9.59. The van der Waals surface area contributed by atoms with Gasteiger partial charge < -0.3 is 24.4 Å². The van der Waals surface area contributed by atoms with Crippen LogP contribution in [0.2, 0.25) is 5.02 Å². The van der Waals surface area contributed by atoms with Gasteiger partial charge in [0.05, 0.1) is 24.3 Å². The van der Waals surface area contributed by atoms with Gasteiger partial charge in [0.15, 0.2) is 0 Å². The molecule has 5 rings (SSSR count). The number of halogens is 1. The molecule has 3 aliphatic rings. The molecular formula is C35H45ClN2O5. The normalized spacial score (nSPS) is 28.7. The maximum atomic E-state index is 13.2. The van der Waals surface area contributed by atoms with E-state index in [2.05, 4.69) is 43.0 Å². The van der Waals surface area contributed by atoms with Gasteiger partial charge in [-0.05, 0) is 78.0 Å². The predicted octanol–water partition coefficient (Wildman–Crippen LogP) is 6.54. The van der Waals surface area contributed by atoms with Crippen LogP contribution in [0.15, 0.2) is 48.6 Å². The number of carboxylic acids is 1. The van der Waals surface area contributed by atoms with Crippen LogP contribution in [0.4, 0.5) is 5.69 Å². The molecule has 1 saturated carbocycles. The monoisotopic (exact) mass is 608 g/mol. The number of carbonyl (C=O) groups is 2. The largest absolute Gasteiger partial charge is 0.491 e. The molecular weight excluding hydrogens is 564 g/mol. The SMILES string of the molecule is CCCc1cc(Cl)ccc1C1COc2ccc3cc2N(C1)CC1CCC1C(OC)/C=C\C(C)CN(C)C(=O)CC3C(=O)O. The number of aryl methyl sites for hydroxylation is 1. The smallest absolute Gasteiger partial charge is 0.311 e. The van der Waals surface area contributed by atoms with Crippen molar-refractivity contribution in [1.29, 1.82) is 0 Å². The second-order valence-corrected chi connectivity index (χ2v) is 13.1. The topological polar surface area (TPSA) is 79.3 Å². The molecule has 8 heteroatoms. The summed E-state index contributed by atoms with van der Waals surface area (Å²) in [5.74, 6) is -0.338. The zero-order valence-electron chi connectivity index (χ0n) is 25.8. The van der Waals surface area contributed by atoms with Crippen molar-refractivity contribution in [3.05, 3.63) is 70.3 Å². The van der Waals surface area contributed by atoms with E-state index < -0.39 is 11.9 Å². The second-order valence-electron chi connectivity index (χ2n) is 12.7. The average molecular weight is 609 g/mol. The van der Waals surface area contributed by atoms with Gasteiger partial charge in [0.1, 0.15) is 5.75 Å². The quantitative estimate of drug-likeness (QED) is 0.388. The molecule has 7 nitrogen and oxygen atoms in total. The molecule has 0 aromatic heterocycles. The standard InChI is InChI=1S/C35H45ClN2O5/c1-5-6-23-15-27(36)10-12-28(23)26-20-38-19-25-8-11-29(25)32(42-4)13-7-22(2)18-37(3)34(39)17-30(35(40)41)24-9-14-33(43-21-26)31(38)16-24/h7,9-10,12-16,22,25-26,29-30,32H,5-6,8,11,17-21H2,1-4H3,(H,40,41)/b13-7-. The van der Waals surface area contributed by atoms with E-state index >= 15 is 0 Å². The molecule has 2 bridgehead atoms. The lowest BCUT2D eigenvalue weighted by Crippen LogP contribution is -2.44. The summed E-state index contributed by atoms with van der Waals surface area (Å²) in [6.45, 7) is 6.85. The Morgan fingerprint density at radius 1 is 1.12 bits per heavy atom. The Bertz CT molecular complexity index is 1350. The van der Waals surface area contributed by atoms with Crippen molar-refractivity contribution in [3.8, 4) is 5.75 Å². The van der Waals surface area contributed by atoms with Crippen LogP contribution < -0.4 is 9.64 Å². The van der Waals surface area contributed by atoms with Gasteiger partial charge in [-0.15, -0.1) is 0 Å². The molecule has 6 unspecified atom stereocenters. The summed E-state index contributed by atoms with van der Waals surface area (Å²) in [7, 11) is 3.53. The fourth-order valence-corrected chi connectivity index (χ4v) is 7.25. The van der Waals surface area contributed by atoms with Crippen molar-refractivity contribution >= 4 is 29.2 Å². The van der Waals surface area contributed by atoms with Crippen molar-refractivity contribution in [2.45, 2.75) is 63.9 Å². The number of methoxy groups -OCH3 is 1. The first-order chi connectivity index (χ1) is 20.7. The molecule has 2 aliphatic heterocycles. The summed E-state index contributed by atoms with van der Waals surface area (Å²) in [5.41, 5.74) is 4.02. The number of hydrogen-bond donors (Lipinski definition) is 1. The lowest BCUT2D eigenvalue weighted by molar-refractivity contribution is -0.142. The van der Waals surface area contributed by atoms with Gasteiger partial charge in [-0.2, -0.15) is 0 Å². The minimum atomic E-state index is -0.998. The van der Waals surface area contributed by atoms with E-state index in [4.69, 9.17) is 21.1 Å². The number of fused-ring (bicyclic) bond motifs is 2. The number of benzene rings is 2. The maximum absolute atomic E-state index is 13.2. The molecule has 1 aliphatic carbocycles. The minimum Gasteiger partial charge on any atom is -0.491 e. The Kier molecular flexibility index (Phi) is 10.0. The van der Waals surface area contributed by atoms with Crippen LogP contribution >= 0.6 is 11.6 Å². The van der Waals surface area contributed by atoms with E-state index in [1.807, 2.05) is 24.3 Å². The van der Waals surface area contributed by atoms with E-state index in [9.17, 15) is 14.7 Å². The highest BCUT2D eigenvalue weighted by molar-refractivity contribution is 6.30. The molecule has 0 spiro atoms. The number of carboxylic acid groups (broad SMARTS) is 1. The van der Waals surface area contributed by atoms with Crippen molar-refractivity contribution < 1.29 is 24.2 Å². The first-order valence-electron chi connectivity index (χ1n) is 15.7. The van der Waals surface area contributed by atoms with E-state index in [-0.39, 0.29) is 30.3 Å². The molecule has 1 fully saturated rings. The lowest BCUT2D eigenvalue weighted by Gasteiger charge is -2.43. The van der Waals surface area contributed by atoms with Crippen molar-refractivity contribution in [3.63, 3.8) is 0 Å². The third kappa shape index (κ3) is 7.04. The molecule has 6 atom stereocenters. The molecule has 2 aromatic carbocycles. The van der Waals surface area contributed by atoms with Crippen molar-refractivity contribution in [2.75, 3.05) is 45.3 Å². The Labute approximate surface area is 260 Å². The van der Waals surface area contributed by atoms with Gasteiger partial charge in [-0.25, -0.2) is 0 Å². The lowest BCUT2D eigenvalue weighted by atomic mass is 9.70. The number of nitrogens with zero attached hydrogens (tertiary/aromatic N) is 2. The van der Waals surface area contributed by atoms with Crippen molar-refractivity contribution in [2.24, 2.45) is 17.8 Å². The number of carbonyl (C=O) groups excluding carboxylic acids is 1. The second kappa shape index (κ2) is 13.7. The van der Waals surface area contributed by atoms with Crippen LogP contribution in [0.25, 0.3) is 0 Å². The number of hydrogen-bond acceptors (Lipinski definition) is 5. The molecule has 0 saturated heterocycles. The van der Waals surface area contributed by atoms with Gasteiger partial charge in [0.25, 0.3) is 0 Å². The number of amides is 1. The van der Waals surface area contributed by atoms with Crippen LogP contribution in [0.3, 0.4) is 0 Å². The molecule has 43 heavy (non-hydrogen) atoms. The van der Waals surface area contributed by atoms with Crippen molar-refractivity contribution in [1.82, 2.24) is 4.90 Å². The highest BCUT2D eigenvalue weighted by Gasteiger charge is 2.39. The summed E-state index contributed by atoms with van der Waals surface area (Å²) in [5, 5.41) is 11.0. The number of rotatable bonds is 5. The minimum absolute atomic E-state index is 0.00348. The van der Waals surface area contributed by atoms with Crippen LogP contribution in [-0.2, 0) is 20.7 Å². The highest BCUT2D eigenvalue weighted by atomic mass is 35.5. The van der Waals surface area contributed by atoms with E-state index in [1.165, 1.54) is 11.1 Å². The van der Waals surface area contributed by atoms with Gasteiger partial charge in [-0.3, -0.25) is 9.59 Å². The van der Waals surface area contributed by atoms with Crippen LogP contribution in [0, 0.1) is 17.8 Å². The Morgan fingerprint density at radius 3 is 2.63 bits per heavy atom. The van der Waals surface area contributed by atoms with E-state index in [0.29, 0.717) is 30.6 Å². The van der Waals surface area contributed by atoms with E-state index in [1.54, 1.807) is 19.1 Å². The first kappa shape index (κ1) is 31.4. The van der Waals surface area contributed by atoms with Crippen LogP contribution in [-0.4, -0.2) is 68.4 Å². The van der Waals surface area contributed by atoms with Crippen LogP contribution in [0.1, 0.15) is 68.1 Å². The van der Waals surface area contributed by atoms with Crippen LogP contribution in [0.5, 0.6) is 5.75 Å². The Morgan fingerprint density at radius 2 is 1.93 bits per heavy atom. The highest BCUT2D eigenvalue weighted by Crippen LogP contribution is 2.44. The molecule has 1 N–H and O–H groups in total. The van der Waals surface area contributed by atoms with Gasteiger partial charge in [0, 0.05) is 51.2 Å². The number of ether oxygens (including phenoxy) is 2. The molecule has 2 aromatic rings. The Hall–Kier alpha value is -3.03. The summed E-state index contributed by atoms with van der Waals surface area (Å²) in [6, 6.07) is 11.8. The fraction of sp³-hybridized carbons (Fsp3) is 0.543. The van der Waals surface area contributed by atoms with Gasteiger partial charge in [0.2, 0.25) is 5.91 Å². The molecule has 232 valence electrons. The average Bonchev–Trinajstić information content (AvgIpc) is 3.14. The number of aliphatic carboxylic acids is 1. The summed E-state index contributed by atoms with van der Waals surface area (Å²) < 4.78 is 12.5. The Balaban J connectivity index is 1.57. The molecule has 2 heterocycles. The number of anilines is 1. The molecule has 1 amide bonds.